The zero-order chi connectivity index (χ0) is 11.4. The molecule has 0 saturated carbocycles. The summed E-state index contributed by atoms with van der Waals surface area (Å²) in [6, 6.07) is 3.50. The summed E-state index contributed by atoms with van der Waals surface area (Å²) < 4.78 is 36.9. The standard InChI is InChI=1S/C9H8F2O3S/c10-7-3-1-2-6(9(7)11)4-15(14)5-8(12)13/h1-3H,4-5H2,(H,12,13). The van der Waals surface area contributed by atoms with E-state index in [9.17, 15) is 17.8 Å². The Labute approximate surface area is 87.2 Å². The molecule has 0 spiro atoms. The van der Waals surface area contributed by atoms with E-state index in [0.29, 0.717) is 0 Å². The van der Waals surface area contributed by atoms with E-state index < -0.39 is 34.2 Å². The van der Waals surface area contributed by atoms with Crippen LogP contribution in [0.25, 0.3) is 0 Å². The molecule has 0 amide bonds. The average Bonchev–Trinajstić information content (AvgIpc) is 2.11. The minimum Gasteiger partial charge on any atom is -0.481 e. The summed E-state index contributed by atoms with van der Waals surface area (Å²) in [5, 5.41) is 8.32. The minimum absolute atomic E-state index is 0.0745. The van der Waals surface area contributed by atoms with Crippen molar-refractivity contribution < 1.29 is 22.9 Å². The lowest BCUT2D eigenvalue weighted by Gasteiger charge is -2.02. The Kier molecular flexibility index (Phi) is 3.90. The number of halogens is 2. The van der Waals surface area contributed by atoms with Crippen molar-refractivity contribution in [3.05, 3.63) is 35.4 Å². The van der Waals surface area contributed by atoms with Gasteiger partial charge in [-0.05, 0) is 6.07 Å². The molecule has 1 atom stereocenters. The Balaban J connectivity index is 2.77. The van der Waals surface area contributed by atoms with Gasteiger partial charge in [-0.3, -0.25) is 9.00 Å². The summed E-state index contributed by atoms with van der Waals surface area (Å²) in [6.45, 7) is 0. The normalized spacial score (nSPS) is 12.4. The topological polar surface area (TPSA) is 54.4 Å². The Bertz CT molecular complexity index is 406. The number of hydrogen-bond donors (Lipinski definition) is 1. The number of carboxylic acids is 1. The Hall–Kier alpha value is -1.30. The summed E-state index contributed by atoms with van der Waals surface area (Å²) in [5.41, 5.74) is -0.0745. The van der Waals surface area contributed by atoms with Crippen LogP contribution in [0.15, 0.2) is 18.2 Å². The Morgan fingerprint density at radius 2 is 2.07 bits per heavy atom. The van der Waals surface area contributed by atoms with Crippen LogP contribution < -0.4 is 0 Å². The van der Waals surface area contributed by atoms with Crippen molar-refractivity contribution in [1.29, 1.82) is 0 Å². The van der Waals surface area contributed by atoms with Crippen LogP contribution in [-0.4, -0.2) is 21.0 Å². The average molecular weight is 234 g/mol. The van der Waals surface area contributed by atoms with Crippen LogP contribution in [0.2, 0.25) is 0 Å². The van der Waals surface area contributed by atoms with Crippen LogP contribution in [0.5, 0.6) is 0 Å². The maximum Gasteiger partial charge on any atom is 0.316 e. The van der Waals surface area contributed by atoms with E-state index in [-0.39, 0.29) is 11.3 Å². The molecule has 0 bridgehead atoms. The Morgan fingerprint density at radius 1 is 1.40 bits per heavy atom. The van der Waals surface area contributed by atoms with Crippen LogP contribution in [-0.2, 0) is 21.3 Å². The molecule has 15 heavy (non-hydrogen) atoms. The third-order valence-corrected chi connectivity index (χ3v) is 2.83. The molecule has 1 N–H and O–H groups in total. The molecule has 0 aliphatic heterocycles. The third kappa shape index (κ3) is 3.39. The highest BCUT2D eigenvalue weighted by atomic mass is 32.2. The van der Waals surface area contributed by atoms with Gasteiger partial charge in [0.25, 0.3) is 0 Å². The van der Waals surface area contributed by atoms with Gasteiger partial charge < -0.3 is 5.11 Å². The molecule has 3 nitrogen and oxygen atoms in total. The number of aliphatic carboxylic acids is 1. The molecule has 0 aliphatic carbocycles. The highest BCUT2D eigenvalue weighted by Crippen LogP contribution is 2.13. The fourth-order valence-corrected chi connectivity index (χ4v) is 1.97. The Morgan fingerprint density at radius 3 is 2.67 bits per heavy atom. The summed E-state index contributed by atoms with van der Waals surface area (Å²) in [6.07, 6.45) is 0. The van der Waals surface area contributed by atoms with Crippen molar-refractivity contribution in [2.45, 2.75) is 5.75 Å². The van der Waals surface area contributed by atoms with Crippen molar-refractivity contribution in [3.8, 4) is 0 Å². The van der Waals surface area contributed by atoms with E-state index in [4.69, 9.17) is 5.11 Å². The maximum absolute atomic E-state index is 13.0. The predicted molar refractivity (Wildman–Crippen MR) is 50.7 cm³/mol. The minimum atomic E-state index is -1.73. The quantitative estimate of drug-likeness (QED) is 0.854. The van der Waals surface area contributed by atoms with Gasteiger partial charge in [0.2, 0.25) is 0 Å². The van der Waals surface area contributed by atoms with E-state index in [0.717, 1.165) is 6.07 Å². The fourth-order valence-electron chi connectivity index (χ4n) is 1.02. The number of carboxylic acid groups (broad SMARTS) is 1. The lowest BCUT2D eigenvalue weighted by atomic mass is 10.2. The molecule has 82 valence electrons. The van der Waals surface area contributed by atoms with E-state index in [2.05, 4.69) is 0 Å². The number of rotatable bonds is 4. The van der Waals surface area contributed by atoms with E-state index >= 15 is 0 Å². The van der Waals surface area contributed by atoms with Gasteiger partial charge in [0.15, 0.2) is 11.6 Å². The van der Waals surface area contributed by atoms with Crippen molar-refractivity contribution in [1.82, 2.24) is 0 Å². The summed E-state index contributed by atoms with van der Waals surface area (Å²) in [5.74, 6) is -4.20. The van der Waals surface area contributed by atoms with E-state index in [1.165, 1.54) is 12.1 Å². The maximum atomic E-state index is 13.0. The second-order valence-corrected chi connectivity index (χ2v) is 4.29. The molecule has 0 heterocycles. The van der Waals surface area contributed by atoms with Crippen molar-refractivity contribution in [3.63, 3.8) is 0 Å². The van der Waals surface area contributed by atoms with E-state index in [1.807, 2.05) is 0 Å². The summed E-state index contributed by atoms with van der Waals surface area (Å²) >= 11 is 0. The first-order valence-electron chi connectivity index (χ1n) is 4.00. The van der Waals surface area contributed by atoms with Gasteiger partial charge in [-0.1, -0.05) is 12.1 Å². The largest absolute Gasteiger partial charge is 0.481 e. The van der Waals surface area contributed by atoms with Crippen LogP contribution in [0, 0.1) is 11.6 Å². The van der Waals surface area contributed by atoms with Crippen LogP contribution in [0.4, 0.5) is 8.78 Å². The number of carbonyl (C=O) groups is 1. The smallest absolute Gasteiger partial charge is 0.316 e. The molecule has 1 rings (SSSR count). The first-order chi connectivity index (χ1) is 7.00. The zero-order valence-corrected chi connectivity index (χ0v) is 8.39. The lowest BCUT2D eigenvalue weighted by molar-refractivity contribution is -0.133. The summed E-state index contributed by atoms with van der Waals surface area (Å²) in [4.78, 5) is 10.2. The second-order valence-electron chi connectivity index (χ2n) is 2.84. The predicted octanol–water partition coefficient (Wildman–Crippen LogP) is 1.30. The van der Waals surface area contributed by atoms with Crippen LogP contribution >= 0.6 is 0 Å². The lowest BCUT2D eigenvalue weighted by Crippen LogP contribution is -2.11. The number of hydrogen-bond acceptors (Lipinski definition) is 2. The van der Waals surface area contributed by atoms with E-state index in [1.54, 1.807) is 0 Å². The first kappa shape index (κ1) is 11.8. The second kappa shape index (κ2) is 4.97. The van der Waals surface area contributed by atoms with Crippen molar-refractivity contribution in [2.24, 2.45) is 0 Å². The molecule has 1 aromatic carbocycles. The molecule has 0 aromatic heterocycles. The van der Waals surface area contributed by atoms with Gasteiger partial charge in [-0.15, -0.1) is 0 Å². The van der Waals surface area contributed by atoms with Gasteiger partial charge >= 0.3 is 5.97 Å². The molecule has 0 fully saturated rings. The van der Waals surface area contributed by atoms with Gasteiger partial charge in [0.05, 0.1) is 5.75 Å². The highest BCUT2D eigenvalue weighted by molar-refractivity contribution is 7.84. The SMILES string of the molecule is O=C(O)CS(=O)Cc1cccc(F)c1F. The first-order valence-corrected chi connectivity index (χ1v) is 5.49. The molecule has 1 unspecified atom stereocenters. The van der Waals surface area contributed by atoms with Gasteiger partial charge in [-0.2, -0.15) is 0 Å². The van der Waals surface area contributed by atoms with Crippen molar-refractivity contribution >= 4 is 16.8 Å². The monoisotopic (exact) mass is 234 g/mol. The summed E-state index contributed by atoms with van der Waals surface area (Å²) in [7, 11) is -1.73. The molecule has 0 saturated heterocycles. The zero-order valence-electron chi connectivity index (χ0n) is 7.57. The molecule has 1 aromatic rings. The molecule has 0 aliphatic rings. The third-order valence-electron chi connectivity index (χ3n) is 1.63. The fraction of sp³-hybridized carbons (Fsp3) is 0.222. The van der Waals surface area contributed by atoms with Gasteiger partial charge in [0, 0.05) is 16.4 Å². The van der Waals surface area contributed by atoms with Gasteiger partial charge in [-0.25, -0.2) is 8.78 Å². The van der Waals surface area contributed by atoms with Gasteiger partial charge in [0.1, 0.15) is 5.75 Å². The molecular formula is C9H8F2O3S. The molecule has 0 radical (unpaired) electrons. The highest BCUT2D eigenvalue weighted by Gasteiger charge is 2.12. The van der Waals surface area contributed by atoms with Crippen molar-refractivity contribution in [2.75, 3.05) is 5.75 Å². The molecule has 6 heteroatoms. The van der Waals surface area contributed by atoms with Crippen LogP contribution in [0.1, 0.15) is 5.56 Å². The molecular weight excluding hydrogens is 226 g/mol. The van der Waals surface area contributed by atoms with Crippen LogP contribution in [0.3, 0.4) is 0 Å². The number of benzene rings is 1.